The Hall–Kier alpha value is -1.27. The van der Waals surface area contributed by atoms with Crippen molar-refractivity contribution < 1.29 is 22.6 Å². The third kappa shape index (κ3) is 7.69. The van der Waals surface area contributed by atoms with Crippen molar-refractivity contribution in [1.29, 1.82) is 0 Å². The smallest absolute Gasteiger partial charge is 0.401 e. The lowest BCUT2D eigenvalue weighted by atomic mass is 10.1. The third-order valence-corrected chi connectivity index (χ3v) is 2.39. The molecule has 0 aliphatic rings. The van der Waals surface area contributed by atoms with E-state index in [0.717, 1.165) is 12.0 Å². The van der Waals surface area contributed by atoms with Crippen LogP contribution in [0, 0.1) is 0 Å². The van der Waals surface area contributed by atoms with E-state index < -0.39 is 12.7 Å². The predicted octanol–water partition coefficient (Wildman–Crippen LogP) is 2.41. The highest BCUT2D eigenvalue weighted by molar-refractivity contribution is 5.27. The summed E-state index contributed by atoms with van der Waals surface area (Å²) in [6.45, 7) is 0.0202. The van der Waals surface area contributed by atoms with Gasteiger partial charge in [0.1, 0.15) is 12.4 Å². The van der Waals surface area contributed by atoms with Gasteiger partial charge in [-0.3, -0.25) is 0 Å². The normalized spacial score (nSPS) is 11.6. The molecule has 1 aromatic carbocycles. The Kier molecular flexibility index (Phi) is 6.66. The van der Waals surface area contributed by atoms with Crippen molar-refractivity contribution in [2.24, 2.45) is 0 Å². The van der Waals surface area contributed by atoms with Crippen LogP contribution >= 0.6 is 0 Å². The lowest BCUT2D eigenvalue weighted by Gasteiger charge is -2.10. The van der Waals surface area contributed by atoms with E-state index in [1.807, 2.05) is 12.1 Å². The van der Waals surface area contributed by atoms with Gasteiger partial charge in [-0.05, 0) is 24.1 Å². The molecule has 3 nitrogen and oxygen atoms in total. The Labute approximate surface area is 110 Å². The molecule has 0 saturated heterocycles. The number of hydrogen-bond acceptors (Lipinski definition) is 3. The van der Waals surface area contributed by atoms with Gasteiger partial charge in [0.15, 0.2) is 0 Å². The lowest BCUT2D eigenvalue weighted by molar-refractivity contribution is -0.124. The number of nitrogens with one attached hydrogen (secondary N) is 1. The largest absolute Gasteiger partial charge is 0.492 e. The fourth-order valence-corrected chi connectivity index (χ4v) is 1.44. The average molecular weight is 277 g/mol. The zero-order valence-corrected chi connectivity index (χ0v) is 10.8. The van der Waals surface area contributed by atoms with E-state index in [0.29, 0.717) is 12.4 Å². The summed E-state index contributed by atoms with van der Waals surface area (Å²) in [6, 6.07) is 7.43. The van der Waals surface area contributed by atoms with Crippen LogP contribution < -0.4 is 10.1 Å². The van der Waals surface area contributed by atoms with E-state index in [1.165, 1.54) is 0 Å². The maximum absolute atomic E-state index is 11.8. The van der Waals surface area contributed by atoms with Crippen LogP contribution in [0.5, 0.6) is 5.75 Å². The molecule has 0 aliphatic carbocycles. The number of rotatable bonds is 8. The predicted molar refractivity (Wildman–Crippen MR) is 66.4 cm³/mol. The Morgan fingerprint density at radius 3 is 2.37 bits per heavy atom. The van der Waals surface area contributed by atoms with Crippen molar-refractivity contribution >= 4 is 0 Å². The molecule has 0 fully saturated rings. The van der Waals surface area contributed by atoms with Crippen molar-refractivity contribution in [2.75, 3.05) is 33.4 Å². The van der Waals surface area contributed by atoms with Gasteiger partial charge in [0, 0.05) is 13.7 Å². The highest BCUT2D eigenvalue weighted by Crippen LogP contribution is 2.13. The van der Waals surface area contributed by atoms with Crippen LogP contribution in [0.15, 0.2) is 24.3 Å². The van der Waals surface area contributed by atoms with E-state index >= 15 is 0 Å². The molecule has 19 heavy (non-hydrogen) atoms. The zero-order valence-electron chi connectivity index (χ0n) is 10.8. The first kappa shape index (κ1) is 15.8. The molecule has 0 bridgehead atoms. The van der Waals surface area contributed by atoms with E-state index in [9.17, 15) is 13.2 Å². The second-order valence-corrected chi connectivity index (χ2v) is 4.03. The molecule has 0 atom stereocenters. The van der Waals surface area contributed by atoms with Crippen molar-refractivity contribution in [3.8, 4) is 5.75 Å². The molecule has 1 aromatic rings. The number of alkyl halides is 3. The maximum atomic E-state index is 11.8. The summed E-state index contributed by atoms with van der Waals surface area (Å²) >= 11 is 0. The Morgan fingerprint density at radius 2 is 1.79 bits per heavy atom. The number of halogens is 3. The average Bonchev–Trinajstić information content (AvgIpc) is 2.36. The molecular formula is C13H18F3NO2. The van der Waals surface area contributed by atoms with Crippen molar-refractivity contribution in [2.45, 2.75) is 12.6 Å². The molecule has 0 spiro atoms. The molecule has 0 amide bonds. The van der Waals surface area contributed by atoms with Gasteiger partial charge in [-0.25, -0.2) is 0 Å². The summed E-state index contributed by atoms with van der Waals surface area (Å²) in [5, 5.41) is 2.27. The van der Waals surface area contributed by atoms with Crippen LogP contribution in [0.1, 0.15) is 5.56 Å². The summed E-state index contributed by atoms with van der Waals surface area (Å²) in [7, 11) is 1.64. The number of ether oxygens (including phenoxy) is 2. The monoisotopic (exact) mass is 277 g/mol. The van der Waals surface area contributed by atoms with Gasteiger partial charge >= 0.3 is 6.18 Å². The van der Waals surface area contributed by atoms with E-state index in [4.69, 9.17) is 9.47 Å². The van der Waals surface area contributed by atoms with E-state index in [2.05, 4.69) is 5.32 Å². The van der Waals surface area contributed by atoms with Gasteiger partial charge in [0.05, 0.1) is 13.2 Å². The minimum absolute atomic E-state index is 0.158. The van der Waals surface area contributed by atoms with E-state index in [1.54, 1.807) is 19.2 Å². The molecular weight excluding hydrogens is 259 g/mol. The van der Waals surface area contributed by atoms with Crippen LogP contribution in [-0.4, -0.2) is 39.6 Å². The fraction of sp³-hybridized carbons (Fsp3) is 0.538. The van der Waals surface area contributed by atoms with Crippen molar-refractivity contribution in [3.63, 3.8) is 0 Å². The number of hydrogen-bond donors (Lipinski definition) is 1. The lowest BCUT2D eigenvalue weighted by Crippen LogP contribution is -2.31. The van der Waals surface area contributed by atoms with Gasteiger partial charge in [-0.15, -0.1) is 0 Å². The summed E-state index contributed by atoms with van der Waals surface area (Å²) < 4.78 is 45.8. The fourth-order valence-electron chi connectivity index (χ4n) is 1.44. The second-order valence-electron chi connectivity index (χ2n) is 4.03. The van der Waals surface area contributed by atoms with Crippen molar-refractivity contribution in [3.05, 3.63) is 29.8 Å². The maximum Gasteiger partial charge on any atom is 0.401 e. The highest BCUT2D eigenvalue weighted by atomic mass is 19.4. The molecule has 0 heterocycles. The van der Waals surface area contributed by atoms with Gasteiger partial charge < -0.3 is 14.8 Å². The molecule has 0 radical (unpaired) electrons. The van der Waals surface area contributed by atoms with Crippen molar-refractivity contribution in [1.82, 2.24) is 5.32 Å². The van der Waals surface area contributed by atoms with Gasteiger partial charge in [-0.2, -0.15) is 13.2 Å². The quantitative estimate of drug-likeness (QED) is 0.740. The topological polar surface area (TPSA) is 30.5 Å². The van der Waals surface area contributed by atoms with E-state index in [-0.39, 0.29) is 13.2 Å². The Balaban J connectivity index is 2.19. The summed E-state index contributed by atoms with van der Waals surface area (Å²) in [4.78, 5) is 0. The number of methoxy groups -OCH3 is 1. The summed E-state index contributed by atoms with van der Waals surface area (Å²) in [5.74, 6) is 0.648. The second kappa shape index (κ2) is 8.01. The Bertz CT molecular complexity index is 352. The molecule has 6 heteroatoms. The third-order valence-electron chi connectivity index (χ3n) is 2.39. The minimum Gasteiger partial charge on any atom is -0.492 e. The van der Waals surface area contributed by atoms with Crippen LogP contribution in [-0.2, 0) is 11.2 Å². The molecule has 0 aliphatic heterocycles. The molecule has 0 saturated carbocycles. The van der Waals surface area contributed by atoms with Gasteiger partial charge in [-0.1, -0.05) is 12.1 Å². The highest BCUT2D eigenvalue weighted by Gasteiger charge is 2.25. The number of benzene rings is 1. The first-order valence-corrected chi connectivity index (χ1v) is 5.99. The zero-order chi connectivity index (χ0) is 14.1. The Morgan fingerprint density at radius 1 is 1.11 bits per heavy atom. The first-order valence-electron chi connectivity index (χ1n) is 5.99. The molecule has 0 aromatic heterocycles. The molecule has 0 unspecified atom stereocenters. The molecule has 1 N–H and O–H groups in total. The van der Waals surface area contributed by atoms with Crippen LogP contribution in [0.4, 0.5) is 13.2 Å². The standard InChI is InChI=1S/C13H18F3NO2/c1-18-8-6-11-2-4-12(5-3-11)19-9-7-17-10-13(14,15)16/h2-5,17H,6-10H2,1H3. The molecule has 108 valence electrons. The van der Waals surface area contributed by atoms with Gasteiger partial charge in [0.2, 0.25) is 0 Å². The SMILES string of the molecule is COCCc1ccc(OCCNCC(F)(F)F)cc1. The molecule has 1 rings (SSSR count). The van der Waals surface area contributed by atoms with Crippen LogP contribution in [0.3, 0.4) is 0 Å². The van der Waals surface area contributed by atoms with Crippen LogP contribution in [0.25, 0.3) is 0 Å². The summed E-state index contributed by atoms with van der Waals surface area (Å²) in [5.41, 5.74) is 1.13. The summed E-state index contributed by atoms with van der Waals surface area (Å²) in [6.07, 6.45) is -3.35. The first-order chi connectivity index (χ1) is 9.01. The van der Waals surface area contributed by atoms with Crippen LogP contribution in [0.2, 0.25) is 0 Å². The van der Waals surface area contributed by atoms with Gasteiger partial charge in [0.25, 0.3) is 0 Å². The minimum atomic E-state index is -4.18.